The number of carbonyl (C=O) groups is 3. The van der Waals surface area contributed by atoms with Gasteiger partial charge in [0.15, 0.2) is 0 Å². The first-order valence-corrected chi connectivity index (χ1v) is 10.5. The van der Waals surface area contributed by atoms with Gasteiger partial charge in [0.2, 0.25) is 0 Å². The third kappa shape index (κ3) is 17.6. The lowest BCUT2D eigenvalue weighted by Gasteiger charge is -2.18. The highest BCUT2D eigenvalue weighted by atomic mass is 16.6. The highest BCUT2D eigenvalue weighted by Crippen LogP contribution is 2.13. The van der Waals surface area contributed by atoms with Crippen molar-refractivity contribution in [2.45, 2.75) is 104 Å². The lowest BCUT2D eigenvalue weighted by atomic mass is 10.1. The Bertz CT molecular complexity index is 407. The Hall–Kier alpha value is -1.59. The van der Waals surface area contributed by atoms with Crippen LogP contribution in [0.5, 0.6) is 0 Å². The molecule has 0 fully saturated rings. The van der Waals surface area contributed by atoms with E-state index in [9.17, 15) is 14.4 Å². The zero-order valence-corrected chi connectivity index (χ0v) is 17.4. The van der Waals surface area contributed by atoms with E-state index in [1.165, 1.54) is 13.3 Å². The number of rotatable bonds is 17. The van der Waals surface area contributed by atoms with Gasteiger partial charge in [-0.25, -0.2) is 0 Å². The molecule has 0 amide bonds. The average molecular weight is 387 g/mol. The first-order chi connectivity index (χ1) is 13.0. The van der Waals surface area contributed by atoms with Crippen LogP contribution in [0.3, 0.4) is 0 Å². The number of unbranched alkanes of at least 4 members (excludes halogenated alkanes) is 5. The maximum absolute atomic E-state index is 11.8. The lowest BCUT2D eigenvalue weighted by Crippen LogP contribution is -2.21. The van der Waals surface area contributed by atoms with Gasteiger partial charge in [0, 0.05) is 26.2 Å². The van der Waals surface area contributed by atoms with E-state index in [0.717, 1.165) is 38.5 Å². The Balaban J connectivity index is 4.01. The summed E-state index contributed by atoms with van der Waals surface area (Å²) in [7, 11) is 0. The second kappa shape index (κ2) is 17.8. The van der Waals surface area contributed by atoms with Crippen molar-refractivity contribution in [3.05, 3.63) is 0 Å². The molecule has 6 heteroatoms. The maximum atomic E-state index is 11.8. The predicted octanol–water partition coefficient (Wildman–Crippen LogP) is 4.73. The van der Waals surface area contributed by atoms with Gasteiger partial charge in [-0.3, -0.25) is 14.4 Å². The van der Waals surface area contributed by atoms with Crippen molar-refractivity contribution >= 4 is 17.9 Å². The zero-order valence-electron chi connectivity index (χ0n) is 17.4. The summed E-state index contributed by atoms with van der Waals surface area (Å²) in [6.07, 6.45) is 9.20. The Morgan fingerprint density at radius 2 is 1.41 bits per heavy atom. The van der Waals surface area contributed by atoms with Crippen molar-refractivity contribution in [1.29, 1.82) is 0 Å². The molecule has 0 saturated carbocycles. The van der Waals surface area contributed by atoms with Gasteiger partial charge < -0.3 is 14.2 Å². The minimum absolute atomic E-state index is 0.164. The van der Waals surface area contributed by atoms with Crippen LogP contribution in [-0.4, -0.2) is 37.2 Å². The number of ether oxygens (including phenoxy) is 3. The summed E-state index contributed by atoms with van der Waals surface area (Å²) in [5.41, 5.74) is 0. The van der Waals surface area contributed by atoms with Gasteiger partial charge in [-0.1, -0.05) is 39.5 Å². The van der Waals surface area contributed by atoms with Crippen molar-refractivity contribution in [2.75, 3.05) is 13.2 Å². The summed E-state index contributed by atoms with van der Waals surface area (Å²) in [6.45, 7) is 6.26. The first-order valence-electron chi connectivity index (χ1n) is 10.5. The van der Waals surface area contributed by atoms with E-state index in [1.54, 1.807) is 0 Å². The largest absolute Gasteiger partial charge is 0.466 e. The summed E-state index contributed by atoms with van der Waals surface area (Å²) in [5.74, 6) is -0.716. The Kier molecular flexibility index (Phi) is 16.8. The van der Waals surface area contributed by atoms with Gasteiger partial charge in [0.25, 0.3) is 0 Å². The minimum Gasteiger partial charge on any atom is -0.466 e. The molecule has 0 aliphatic heterocycles. The van der Waals surface area contributed by atoms with Crippen LogP contribution in [0, 0.1) is 0 Å². The molecule has 0 aromatic rings. The van der Waals surface area contributed by atoms with Crippen LogP contribution in [0.4, 0.5) is 0 Å². The molecule has 0 radical (unpaired) electrons. The topological polar surface area (TPSA) is 78.9 Å². The molecule has 6 nitrogen and oxygen atoms in total. The predicted molar refractivity (Wildman–Crippen MR) is 104 cm³/mol. The smallest absolute Gasteiger partial charge is 0.306 e. The molecule has 1 atom stereocenters. The van der Waals surface area contributed by atoms with Gasteiger partial charge in [0.05, 0.1) is 13.2 Å². The first kappa shape index (κ1) is 25.4. The zero-order chi connectivity index (χ0) is 20.3. The van der Waals surface area contributed by atoms with Crippen molar-refractivity contribution in [3.8, 4) is 0 Å². The van der Waals surface area contributed by atoms with Crippen LogP contribution in [0.2, 0.25) is 0 Å². The Morgan fingerprint density at radius 1 is 0.704 bits per heavy atom. The van der Waals surface area contributed by atoms with Gasteiger partial charge in [0.1, 0.15) is 6.10 Å². The molecule has 0 aromatic carbocycles. The van der Waals surface area contributed by atoms with Crippen LogP contribution in [0.25, 0.3) is 0 Å². The van der Waals surface area contributed by atoms with Gasteiger partial charge in [-0.2, -0.15) is 0 Å². The van der Waals surface area contributed by atoms with Crippen LogP contribution < -0.4 is 0 Å². The molecule has 0 heterocycles. The number of carbonyl (C=O) groups excluding carboxylic acids is 3. The van der Waals surface area contributed by atoms with Crippen LogP contribution in [-0.2, 0) is 28.6 Å². The second-order valence-electron chi connectivity index (χ2n) is 6.87. The second-order valence-corrected chi connectivity index (χ2v) is 6.87. The fourth-order valence-electron chi connectivity index (χ4n) is 2.59. The molecule has 0 saturated heterocycles. The molecule has 0 aliphatic carbocycles. The number of esters is 3. The van der Waals surface area contributed by atoms with E-state index in [2.05, 4.69) is 6.92 Å². The third-order valence-electron chi connectivity index (χ3n) is 4.20. The minimum atomic E-state index is -0.340. The van der Waals surface area contributed by atoms with E-state index in [-0.39, 0.29) is 30.6 Å². The molecular weight excluding hydrogens is 348 g/mol. The molecule has 27 heavy (non-hydrogen) atoms. The van der Waals surface area contributed by atoms with Crippen LogP contribution in [0.1, 0.15) is 97.8 Å². The average Bonchev–Trinajstić information content (AvgIpc) is 2.62. The fourth-order valence-corrected chi connectivity index (χ4v) is 2.59. The van der Waals surface area contributed by atoms with Crippen molar-refractivity contribution in [3.63, 3.8) is 0 Å². The van der Waals surface area contributed by atoms with Gasteiger partial charge >= 0.3 is 17.9 Å². The summed E-state index contributed by atoms with van der Waals surface area (Å²) in [4.78, 5) is 34.4. The third-order valence-corrected chi connectivity index (χ3v) is 4.20. The summed E-state index contributed by atoms with van der Waals surface area (Å²) in [5, 5.41) is 0. The van der Waals surface area contributed by atoms with Gasteiger partial charge in [-0.15, -0.1) is 0 Å². The Morgan fingerprint density at radius 3 is 2.07 bits per heavy atom. The van der Waals surface area contributed by atoms with E-state index in [1.807, 2.05) is 6.92 Å². The molecule has 0 unspecified atom stereocenters. The van der Waals surface area contributed by atoms with E-state index >= 15 is 0 Å². The summed E-state index contributed by atoms with van der Waals surface area (Å²) in [6, 6.07) is 0. The summed E-state index contributed by atoms with van der Waals surface area (Å²) < 4.78 is 15.7. The normalized spacial score (nSPS) is 11.7. The standard InChI is InChI=1S/C21H38O6/c1-4-6-8-11-16-26-20(23)14-10-9-12-19(15-17-25-18(3)22)27-21(24)13-7-5-2/h19H,4-17H2,1-3H3/t19-/m1/s1. The lowest BCUT2D eigenvalue weighted by molar-refractivity contribution is -0.152. The molecule has 0 aromatic heterocycles. The highest BCUT2D eigenvalue weighted by Gasteiger charge is 2.15. The monoisotopic (exact) mass is 386 g/mol. The number of hydrogen-bond acceptors (Lipinski definition) is 6. The molecule has 0 spiro atoms. The summed E-state index contributed by atoms with van der Waals surface area (Å²) >= 11 is 0. The van der Waals surface area contributed by atoms with E-state index in [4.69, 9.17) is 14.2 Å². The molecule has 158 valence electrons. The van der Waals surface area contributed by atoms with Crippen LogP contribution >= 0.6 is 0 Å². The maximum Gasteiger partial charge on any atom is 0.306 e. The van der Waals surface area contributed by atoms with Crippen molar-refractivity contribution in [2.24, 2.45) is 0 Å². The molecule has 0 bridgehead atoms. The van der Waals surface area contributed by atoms with Crippen LogP contribution in [0.15, 0.2) is 0 Å². The van der Waals surface area contributed by atoms with E-state index in [0.29, 0.717) is 38.7 Å². The molecule has 0 rings (SSSR count). The van der Waals surface area contributed by atoms with Crippen molar-refractivity contribution in [1.82, 2.24) is 0 Å². The quantitative estimate of drug-likeness (QED) is 0.204. The number of hydrogen-bond donors (Lipinski definition) is 0. The van der Waals surface area contributed by atoms with E-state index < -0.39 is 0 Å². The Labute approximate surface area is 164 Å². The highest BCUT2D eigenvalue weighted by molar-refractivity contribution is 5.69. The molecular formula is C21H38O6. The SMILES string of the molecule is CCCCCCOC(=O)CCCC[C@H](CCOC(C)=O)OC(=O)CCCC. The van der Waals surface area contributed by atoms with Gasteiger partial charge in [-0.05, 0) is 32.1 Å². The van der Waals surface area contributed by atoms with Crippen molar-refractivity contribution < 1.29 is 28.6 Å². The molecule has 0 aliphatic rings. The molecule has 0 N–H and O–H groups in total. The fraction of sp³-hybridized carbons (Fsp3) is 0.857.